The molecule has 0 saturated carbocycles. The van der Waals surface area contributed by atoms with Crippen LogP contribution in [-0.4, -0.2) is 34.8 Å². The third-order valence-electron chi connectivity index (χ3n) is 3.89. The molecule has 3 amide bonds. The Balaban J connectivity index is 1.97. The molecule has 0 aromatic heterocycles. The van der Waals surface area contributed by atoms with Crippen molar-refractivity contribution in [3.05, 3.63) is 35.4 Å². The second-order valence-electron chi connectivity index (χ2n) is 5.80. The Kier molecular flexibility index (Phi) is 3.70. The Morgan fingerprint density at radius 1 is 1.23 bits per heavy atom. The number of hydrogen-bond acceptors (Lipinski definition) is 4. The van der Waals surface area contributed by atoms with Crippen molar-refractivity contribution in [3.63, 3.8) is 0 Å². The lowest BCUT2D eigenvalue weighted by atomic mass is 10.0. The molecule has 2 unspecified atom stereocenters. The van der Waals surface area contributed by atoms with Crippen LogP contribution in [0.3, 0.4) is 0 Å². The molecule has 116 valence electrons. The predicted octanol–water partition coefficient (Wildman–Crippen LogP) is 1.37. The lowest BCUT2D eigenvalue weighted by Gasteiger charge is -2.34. The summed E-state index contributed by atoms with van der Waals surface area (Å²) in [5.74, 6) is -0.961. The summed E-state index contributed by atoms with van der Waals surface area (Å²) < 4.78 is 5.89. The van der Waals surface area contributed by atoms with Crippen molar-refractivity contribution in [3.8, 4) is 0 Å². The van der Waals surface area contributed by atoms with Crippen LogP contribution in [0.25, 0.3) is 0 Å². The SMILES string of the molecule is CC(C)OC1c2ccccc2C(=O)N1C1CCC(=O)NC1=O. The zero-order valence-corrected chi connectivity index (χ0v) is 12.5. The van der Waals surface area contributed by atoms with Gasteiger partial charge in [0.05, 0.1) is 6.10 Å². The molecule has 2 heterocycles. The highest BCUT2D eigenvalue weighted by Crippen LogP contribution is 2.38. The second kappa shape index (κ2) is 5.53. The largest absolute Gasteiger partial charge is 0.351 e. The average molecular weight is 302 g/mol. The zero-order valence-electron chi connectivity index (χ0n) is 12.5. The van der Waals surface area contributed by atoms with Crippen LogP contribution < -0.4 is 5.32 Å². The number of benzene rings is 1. The Hall–Kier alpha value is -2.21. The normalized spacial score (nSPS) is 24.7. The summed E-state index contributed by atoms with van der Waals surface area (Å²) in [6.07, 6.45) is -0.139. The van der Waals surface area contributed by atoms with E-state index in [1.54, 1.807) is 12.1 Å². The van der Waals surface area contributed by atoms with Crippen molar-refractivity contribution in [1.82, 2.24) is 10.2 Å². The summed E-state index contributed by atoms with van der Waals surface area (Å²) in [5, 5.41) is 2.30. The van der Waals surface area contributed by atoms with E-state index in [2.05, 4.69) is 5.32 Å². The summed E-state index contributed by atoms with van der Waals surface area (Å²) in [6.45, 7) is 3.77. The zero-order chi connectivity index (χ0) is 15.9. The molecule has 22 heavy (non-hydrogen) atoms. The Morgan fingerprint density at radius 3 is 2.64 bits per heavy atom. The number of fused-ring (bicyclic) bond motifs is 1. The Labute approximate surface area is 128 Å². The van der Waals surface area contributed by atoms with Crippen LogP contribution in [-0.2, 0) is 14.3 Å². The monoisotopic (exact) mass is 302 g/mol. The third-order valence-corrected chi connectivity index (χ3v) is 3.89. The summed E-state index contributed by atoms with van der Waals surface area (Å²) in [5.41, 5.74) is 1.32. The maximum Gasteiger partial charge on any atom is 0.257 e. The molecule has 2 aliphatic rings. The molecule has 6 nitrogen and oxygen atoms in total. The standard InChI is InChI=1S/C16H18N2O4/c1-9(2)22-16-11-6-4-3-5-10(11)15(21)18(16)12-7-8-13(19)17-14(12)20/h3-6,9,12,16H,7-8H2,1-2H3,(H,17,19,20). The van der Waals surface area contributed by atoms with Gasteiger partial charge in [0.25, 0.3) is 5.91 Å². The number of hydrogen-bond donors (Lipinski definition) is 1. The second-order valence-corrected chi connectivity index (χ2v) is 5.80. The lowest BCUT2D eigenvalue weighted by Crippen LogP contribution is -2.54. The van der Waals surface area contributed by atoms with E-state index in [0.717, 1.165) is 5.56 Å². The highest BCUT2D eigenvalue weighted by atomic mass is 16.5. The van der Waals surface area contributed by atoms with Gasteiger partial charge in [-0.2, -0.15) is 0 Å². The van der Waals surface area contributed by atoms with E-state index >= 15 is 0 Å². The van der Waals surface area contributed by atoms with Crippen LogP contribution in [0.4, 0.5) is 0 Å². The van der Waals surface area contributed by atoms with Crippen LogP contribution >= 0.6 is 0 Å². The van der Waals surface area contributed by atoms with Gasteiger partial charge >= 0.3 is 0 Å². The molecule has 1 N–H and O–H groups in total. The van der Waals surface area contributed by atoms with E-state index in [9.17, 15) is 14.4 Å². The predicted molar refractivity (Wildman–Crippen MR) is 77.7 cm³/mol. The number of carbonyl (C=O) groups is 3. The van der Waals surface area contributed by atoms with Gasteiger partial charge in [-0.25, -0.2) is 0 Å². The number of nitrogens with one attached hydrogen (secondary N) is 1. The molecule has 0 radical (unpaired) electrons. The maximum atomic E-state index is 12.7. The molecule has 1 aromatic rings. The van der Waals surface area contributed by atoms with E-state index in [4.69, 9.17) is 4.74 Å². The minimum Gasteiger partial charge on any atom is -0.351 e. The van der Waals surface area contributed by atoms with E-state index in [1.807, 2.05) is 26.0 Å². The van der Waals surface area contributed by atoms with Crippen molar-refractivity contribution >= 4 is 17.7 Å². The summed E-state index contributed by atoms with van der Waals surface area (Å²) in [7, 11) is 0. The first-order valence-electron chi connectivity index (χ1n) is 7.39. The van der Waals surface area contributed by atoms with Gasteiger partial charge in [-0.1, -0.05) is 18.2 Å². The van der Waals surface area contributed by atoms with E-state index in [0.29, 0.717) is 12.0 Å². The average Bonchev–Trinajstić information content (AvgIpc) is 2.73. The van der Waals surface area contributed by atoms with Gasteiger partial charge < -0.3 is 4.74 Å². The Bertz CT molecular complexity index is 641. The number of ether oxygens (including phenoxy) is 1. The first-order chi connectivity index (χ1) is 10.5. The molecule has 2 aliphatic heterocycles. The van der Waals surface area contributed by atoms with E-state index < -0.39 is 18.2 Å². The summed E-state index contributed by atoms with van der Waals surface area (Å²) in [4.78, 5) is 37.6. The quantitative estimate of drug-likeness (QED) is 0.856. The lowest BCUT2D eigenvalue weighted by molar-refractivity contribution is -0.143. The van der Waals surface area contributed by atoms with Crippen molar-refractivity contribution in [2.75, 3.05) is 0 Å². The van der Waals surface area contributed by atoms with Crippen molar-refractivity contribution < 1.29 is 19.1 Å². The molecule has 0 spiro atoms. The van der Waals surface area contributed by atoms with E-state index in [1.165, 1.54) is 4.90 Å². The fraction of sp³-hybridized carbons (Fsp3) is 0.438. The molecule has 1 aromatic carbocycles. The first kappa shape index (κ1) is 14.7. The number of carbonyl (C=O) groups excluding carboxylic acids is 3. The van der Waals surface area contributed by atoms with Crippen molar-refractivity contribution in [2.24, 2.45) is 0 Å². The Morgan fingerprint density at radius 2 is 1.95 bits per heavy atom. The van der Waals surface area contributed by atoms with Crippen LogP contribution in [0, 0.1) is 0 Å². The fourth-order valence-corrected chi connectivity index (χ4v) is 2.95. The third kappa shape index (κ3) is 2.39. The minimum atomic E-state index is -0.679. The number of piperidine rings is 1. The smallest absolute Gasteiger partial charge is 0.257 e. The molecule has 6 heteroatoms. The highest BCUT2D eigenvalue weighted by Gasteiger charge is 2.45. The molecule has 0 aliphatic carbocycles. The fourth-order valence-electron chi connectivity index (χ4n) is 2.95. The molecule has 3 rings (SSSR count). The van der Waals surface area contributed by atoms with Crippen LogP contribution in [0.1, 0.15) is 48.8 Å². The van der Waals surface area contributed by atoms with Gasteiger partial charge in [-0.15, -0.1) is 0 Å². The summed E-state index contributed by atoms with van der Waals surface area (Å²) >= 11 is 0. The van der Waals surface area contributed by atoms with Crippen molar-refractivity contribution in [1.29, 1.82) is 0 Å². The summed E-state index contributed by atoms with van der Waals surface area (Å²) in [6, 6.07) is 6.53. The number of amides is 3. The number of rotatable bonds is 3. The van der Waals surface area contributed by atoms with E-state index in [-0.39, 0.29) is 24.3 Å². The van der Waals surface area contributed by atoms with Gasteiger partial charge in [0.1, 0.15) is 6.04 Å². The van der Waals surface area contributed by atoms with Gasteiger partial charge in [0.15, 0.2) is 6.23 Å². The van der Waals surface area contributed by atoms with Crippen LogP contribution in [0.5, 0.6) is 0 Å². The molecule has 1 saturated heterocycles. The maximum absolute atomic E-state index is 12.7. The van der Waals surface area contributed by atoms with Crippen LogP contribution in [0.15, 0.2) is 24.3 Å². The van der Waals surface area contributed by atoms with Crippen LogP contribution in [0.2, 0.25) is 0 Å². The molecular formula is C16H18N2O4. The first-order valence-corrected chi connectivity index (χ1v) is 7.39. The number of nitrogens with zero attached hydrogens (tertiary/aromatic N) is 1. The minimum absolute atomic E-state index is 0.0975. The number of imide groups is 1. The molecule has 1 fully saturated rings. The van der Waals surface area contributed by atoms with Gasteiger partial charge in [-0.3, -0.25) is 24.6 Å². The molecular weight excluding hydrogens is 284 g/mol. The topological polar surface area (TPSA) is 75.7 Å². The highest BCUT2D eigenvalue weighted by molar-refractivity contribution is 6.05. The molecule has 2 atom stereocenters. The molecule has 0 bridgehead atoms. The van der Waals surface area contributed by atoms with Gasteiger partial charge in [0.2, 0.25) is 11.8 Å². The van der Waals surface area contributed by atoms with Gasteiger partial charge in [-0.05, 0) is 26.3 Å². The van der Waals surface area contributed by atoms with Crippen molar-refractivity contribution in [2.45, 2.75) is 45.1 Å². The van der Waals surface area contributed by atoms with Gasteiger partial charge in [0, 0.05) is 17.5 Å².